The molecule has 134 valence electrons. The summed E-state index contributed by atoms with van der Waals surface area (Å²) in [5.74, 6) is -0.0512. The van der Waals surface area contributed by atoms with E-state index < -0.39 is 0 Å². The summed E-state index contributed by atoms with van der Waals surface area (Å²) >= 11 is 0. The van der Waals surface area contributed by atoms with Gasteiger partial charge in [0.1, 0.15) is 0 Å². The third-order valence-electron chi connectivity index (χ3n) is 4.22. The maximum atomic E-state index is 12.3. The van der Waals surface area contributed by atoms with Crippen molar-refractivity contribution >= 4 is 11.6 Å². The molecule has 0 aliphatic heterocycles. The van der Waals surface area contributed by atoms with Crippen LogP contribution in [0.25, 0.3) is 11.1 Å². The first kappa shape index (κ1) is 18.9. The fraction of sp³-hybridized carbons (Fsp3) is 0.400. The van der Waals surface area contributed by atoms with E-state index in [2.05, 4.69) is 42.9 Å². The summed E-state index contributed by atoms with van der Waals surface area (Å²) in [5.41, 5.74) is 8.97. The molecule has 0 fully saturated rings. The lowest BCUT2D eigenvalue weighted by molar-refractivity contribution is 0.0939. The average Bonchev–Trinajstić information content (AvgIpc) is 2.58. The fourth-order valence-corrected chi connectivity index (χ4v) is 2.94. The standard InChI is InChI=1S/C20H28N4O/c1-14(2)24(15(3)4)10-9-23-20(25)17-7-5-16(6-8-17)18-11-19(21)13-22-12-18/h5-8,11-15H,9-10,21H2,1-4H3,(H,23,25). The Labute approximate surface area is 150 Å². The van der Waals surface area contributed by atoms with Crippen LogP contribution in [0.15, 0.2) is 42.7 Å². The normalized spacial score (nSPS) is 11.3. The van der Waals surface area contributed by atoms with Crippen molar-refractivity contribution < 1.29 is 4.79 Å². The van der Waals surface area contributed by atoms with Crippen molar-refractivity contribution in [1.82, 2.24) is 15.2 Å². The van der Waals surface area contributed by atoms with Crippen LogP contribution in [0.1, 0.15) is 38.1 Å². The number of carbonyl (C=O) groups excluding carboxylic acids is 1. The van der Waals surface area contributed by atoms with Gasteiger partial charge in [-0.3, -0.25) is 14.7 Å². The number of anilines is 1. The molecule has 0 aliphatic rings. The number of benzene rings is 1. The van der Waals surface area contributed by atoms with Crippen molar-refractivity contribution in [2.45, 2.75) is 39.8 Å². The van der Waals surface area contributed by atoms with E-state index in [9.17, 15) is 4.79 Å². The van der Waals surface area contributed by atoms with Crippen LogP contribution in [0.4, 0.5) is 5.69 Å². The van der Waals surface area contributed by atoms with Crippen molar-refractivity contribution in [2.75, 3.05) is 18.8 Å². The van der Waals surface area contributed by atoms with E-state index >= 15 is 0 Å². The maximum absolute atomic E-state index is 12.3. The Morgan fingerprint density at radius 3 is 2.28 bits per heavy atom. The number of nitrogens with two attached hydrogens (primary N) is 1. The van der Waals surface area contributed by atoms with Crippen LogP contribution >= 0.6 is 0 Å². The smallest absolute Gasteiger partial charge is 0.251 e. The van der Waals surface area contributed by atoms with Crippen LogP contribution < -0.4 is 11.1 Å². The van der Waals surface area contributed by atoms with Crippen LogP contribution in [0, 0.1) is 0 Å². The van der Waals surface area contributed by atoms with Gasteiger partial charge in [0.25, 0.3) is 5.91 Å². The molecule has 0 bridgehead atoms. The molecule has 25 heavy (non-hydrogen) atoms. The lowest BCUT2D eigenvalue weighted by Crippen LogP contribution is -2.42. The number of carbonyl (C=O) groups is 1. The number of nitrogens with zero attached hydrogens (tertiary/aromatic N) is 2. The molecule has 5 heteroatoms. The third kappa shape index (κ3) is 5.29. The summed E-state index contributed by atoms with van der Waals surface area (Å²) in [6, 6.07) is 10.3. The number of hydrogen-bond acceptors (Lipinski definition) is 4. The molecule has 0 aliphatic carbocycles. The number of hydrogen-bond donors (Lipinski definition) is 2. The minimum absolute atomic E-state index is 0.0512. The molecular formula is C20H28N4O. The van der Waals surface area contributed by atoms with Gasteiger partial charge in [-0.2, -0.15) is 0 Å². The summed E-state index contributed by atoms with van der Waals surface area (Å²) in [7, 11) is 0. The highest BCUT2D eigenvalue weighted by Crippen LogP contribution is 2.20. The van der Waals surface area contributed by atoms with E-state index in [0.717, 1.165) is 17.7 Å². The molecule has 2 rings (SSSR count). The van der Waals surface area contributed by atoms with Gasteiger partial charge in [0.2, 0.25) is 0 Å². The summed E-state index contributed by atoms with van der Waals surface area (Å²) in [6.07, 6.45) is 3.38. The van der Waals surface area contributed by atoms with Crippen molar-refractivity contribution in [1.29, 1.82) is 0 Å². The van der Waals surface area contributed by atoms with E-state index in [1.807, 2.05) is 30.3 Å². The van der Waals surface area contributed by atoms with E-state index in [4.69, 9.17) is 5.73 Å². The van der Waals surface area contributed by atoms with Crippen molar-refractivity contribution in [3.63, 3.8) is 0 Å². The Morgan fingerprint density at radius 2 is 1.72 bits per heavy atom. The van der Waals surface area contributed by atoms with Gasteiger partial charge in [0.05, 0.1) is 5.69 Å². The van der Waals surface area contributed by atoms with Gasteiger partial charge in [0.15, 0.2) is 0 Å². The summed E-state index contributed by atoms with van der Waals surface area (Å²) < 4.78 is 0. The van der Waals surface area contributed by atoms with Crippen LogP contribution in [-0.2, 0) is 0 Å². The molecule has 1 amide bonds. The summed E-state index contributed by atoms with van der Waals surface area (Å²) in [6.45, 7) is 10.2. The highest BCUT2D eigenvalue weighted by molar-refractivity contribution is 5.94. The van der Waals surface area contributed by atoms with E-state index in [1.165, 1.54) is 0 Å². The predicted octanol–water partition coefficient (Wildman–Crippen LogP) is 3.18. The molecule has 1 aromatic heterocycles. The Balaban J connectivity index is 1.94. The first-order valence-corrected chi connectivity index (χ1v) is 8.73. The minimum Gasteiger partial charge on any atom is -0.397 e. The molecule has 1 heterocycles. The summed E-state index contributed by atoms with van der Waals surface area (Å²) in [5, 5.41) is 2.99. The van der Waals surface area contributed by atoms with Crippen molar-refractivity contribution in [3.8, 4) is 11.1 Å². The molecule has 1 aromatic carbocycles. The second-order valence-electron chi connectivity index (χ2n) is 6.77. The van der Waals surface area contributed by atoms with Gasteiger partial charge in [-0.25, -0.2) is 0 Å². The van der Waals surface area contributed by atoms with Crippen LogP contribution in [0.3, 0.4) is 0 Å². The number of amides is 1. The molecule has 0 saturated carbocycles. The molecular weight excluding hydrogens is 312 g/mol. The minimum atomic E-state index is -0.0512. The molecule has 0 spiro atoms. The second kappa shape index (κ2) is 8.62. The number of rotatable bonds is 7. The number of aromatic nitrogens is 1. The van der Waals surface area contributed by atoms with Crippen molar-refractivity contribution in [2.24, 2.45) is 0 Å². The molecule has 0 atom stereocenters. The molecule has 0 unspecified atom stereocenters. The molecule has 2 aromatic rings. The Morgan fingerprint density at radius 1 is 1.08 bits per heavy atom. The number of pyridine rings is 1. The fourth-order valence-electron chi connectivity index (χ4n) is 2.94. The predicted molar refractivity (Wildman–Crippen MR) is 103 cm³/mol. The highest BCUT2D eigenvalue weighted by Gasteiger charge is 2.13. The number of nitrogen functional groups attached to an aromatic ring is 1. The van der Waals surface area contributed by atoms with Crippen LogP contribution in [0.5, 0.6) is 0 Å². The summed E-state index contributed by atoms with van der Waals surface area (Å²) in [4.78, 5) is 18.8. The van der Waals surface area contributed by atoms with E-state index in [-0.39, 0.29) is 5.91 Å². The van der Waals surface area contributed by atoms with E-state index in [0.29, 0.717) is 29.9 Å². The first-order valence-electron chi connectivity index (χ1n) is 8.73. The largest absolute Gasteiger partial charge is 0.397 e. The first-order chi connectivity index (χ1) is 11.9. The Hall–Kier alpha value is -2.40. The zero-order chi connectivity index (χ0) is 18.4. The van der Waals surface area contributed by atoms with Gasteiger partial charge in [-0.1, -0.05) is 12.1 Å². The van der Waals surface area contributed by atoms with E-state index in [1.54, 1.807) is 12.4 Å². The Kier molecular flexibility index (Phi) is 6.53. The van der Waals surface area contributed by atoms with Crippen molar-refractivity contribution in [3.05, 3.63) is 48.3 Å². The maximum Gasteiger partial charge on any atom is 0.251 e. The topological polar surface area (TPSA) is 71.2 Å². The van der Waals surface area contributed by atoms with Crippen LogP contribution in [-0.4, -0.2) is 41.0 Å². The SMILES string of the molecule is CC(C)N(CCNC(=O)c1ccc(-c2cncc(N)c2)cc1)C(C)C. The average molecular weight is 340 g/mol. The van der Waals surface area contributed by atoms with Gasteiger partial charge in [-0.05, 0) is 51.5 Å². The number of nitrogens with one attached hydrogen (secondary N) is 1. The van der Waals surface area contributed by atoms with Gasteiger partial charge in [0, 0.05) is 48.7 Å². The monoisotopic (exact) mass is 340 g/mol. The lowest BCUT2D eigenvalue weighted by atomic mass is 10.1. The van der Waals surface area contributed by atoms with Gasteiger partial charge >= 0.3 is 0 Å². The highest BCUT2D eigenvalue weighted by atomic mass is 16.1. The molecule has 5 nitrogen and oxygen atoms in total. The molecule has 3 N–H and O–H groups in total. The third-order valence-corrected chi connectivity index (χ3v) is 4.22. The molecule has 0 saturated heterocycles. The Bertz CT molecular complexity index is 687. The quantitative estimate of drug-likeness (QED) is 0.812. The zero-order valence-corrected chi connectivity index (χ0v) is 15.5. The lowest BCUT2D eigenvalue weighted by Gasteiger charge is -2.30. The van der Waals surface area contributed by atoms with Crippen LogP contribution in [0.2, 0.25) is 0 Å². The second-order valence-corrected chi connectivity index (χ2v) is 6.77. The van der Waals surface area contributed by atoms with Gasteiger partial charge in [-0.15, -0.1) is 0 Å². The van der Waals surface area contributed by atoms with Gasteiger partial charge < -0.3 is 11.1 Å². The molecule has 0 radical (unpaired) electrons. The zero-order valence-electron chi connectivity index (χ0n) is 15.5.